The van der Waals surface area contributed by atoms with Crippen molar-refractivity contribution in [1.82, 2.24) is 9.80 Å². The molecule has 0 heterocycles. The molecule has 0 aliphatic rings. The van der Waals surface area contributed by atoms with E-state index in [0.29, 0.717) is 24.2 Å². The Morgan fingerprint density at radius 3 is 0.700 bits per heavy atom. The van der Waals surface area contributed by atoms with Crippen LogP contribution in [0.2, 0.25) is 0 Å². The van der Waals surface area contributed by atoms with Crippen molar-refractivity contribution in [1.29, 1.82) is 0 Å². The summed E-state index contributed by atoms with van der Waals surface area (Å²) >= 11 is 4.24. The molecule has 0 N–H and O–H groups in total. The molecule has 0 rings (SSSR count). The van der Waals surface area contributed by atoms with Crippen molar-refractivity contribution in [3.05, 3.63) is 0 Å². The fourth-order valence-corrected chi connectivity index (χ4v) is 2.65. The summed E-state index contributed by atoms with van der Waals surface area (Å²) in [5.74, 6) is 0. The maximum absolute atomic E-state index is 2.46. The van der Waals surface area contributed by atoms with Crippen molar-refractivity contribution >= 4 is 37.2 Å². The lowest BCUT2D eigenvalue weighted by Crippen LogP contribution is -2.36. The zero-order valence-corrected chi connectivity index (χ0v) is 19.7. The first-order chi connectivity index (χ1) is 9.18. The Labute approximate surface area is 152 Å². The minimum atomic E-state index is 0.690. The Bertz CT molecular complexity index is 147. The Morgan fingerprint density at radius 1 is 0.550 bits per heavy atom. The molecule has 0 aliphatic carbocycles. The molecule has 0 aromatic carbocycles. The van der Waals surface area contributed by atoms with Crippen LogP contribution < -0.4 is 0 Å². The van der Waals surface area contributed by atoms with E-state index in [9.17, 15) is 0 Å². The average molecular weight is 512 g/mol. The minimum absolute atomic E-state index is 0.690. The molecule has 0 aliphatic heterocycles. The van der Waals surface area contributed by atoms with Gasteiger partial charge in [0.25, 0.3) is 0 Å². The smallest absolute Gasteiger partial charge is 0.00411 e. The van der Waals surface area contributed by atoms with E-state index < -0.39 is 0 Å². The second-order valence-electron chi connectivity index (χ2n) is 6.04. The van der Waals surface area contributed by atoms with Gasteiger partial charge < -0.3 is 0 Å². The molecular formula is C16H38I2N2. The highest BCUT2D eigenvalue weighted by molar-refractivity contribution is 15.0. The van der Waals surface area contributed by atoms with Gasteiger partial charge in [0.05, 0.1) is 0 Å². The van der Waals surface area contributed by atoms with Gasteiger partial charge in [-0.25, -0.2) is 0 Å². The maximum Gasteiger partial charge on any atom is 0.00411 e. The van der Waals surface area contributed by atoms with Gasteiger partial charge in [0, 0.05) is 61.4 Å². The first kappa shape index (κ1) is 26.3. The molecule has 0 unspecified atom stereocenters. The van der Waals surface area contributed by atoms with Gasteiger partial charge in [-0.15, -0.1) is 0 Å². The summed E-state index contributed by atoms with van der Waals surface area (Å²) in [4.78, 5) is 4.92. The number of hydrogen-bond donors (Lipinski definition) is 0. The van der Waals surface area contributed by atoms with Crippen LogP contribution in [0.3, 0.4) is 0 Å². The molecule has 0 amide bonds. The van der Waals surface area contributed by atoms with Crippen LogP contribution in [0.4, 0.5) is 0 Å². The average Bonchev–Trinajstić information content (AvgIpc) is 2.31. The van der Waals surface area contributed by atoms with Crippen LogP contribution in [0.25, 0.3) is 0 Å². The summed E-state index contributed by atoms with van der Waals surface area (Å²) in [6, 6.07) is 2.76. The highest BCUT2D eigenvalue weighted by Gasteiger charge is 2.09. The van der Waals surface area contributed by atoms with Gasteiger partial charge in [-0.2, -0.15) is 0 Å². The number of hydrogen-bond acceptors (Lipinski definition) is 2. The molecule has 0 saturated carbocycles. The van der Waals surface area contributed by atoms with Gasteiger partial charge in [0.15, 0.2) is 0 Å². The van der Waals surface area contributed by atoms with Gasteiger partial charge in [0.2, 0.25) is 0 Å². The van der Waals surface area contributed by atoms with Crippen molar-refractivity contribution in [2.24, 2.45) is 0 Å². The fourth-order valence-electron chi connectivity index (χ4n) is 2.65. The summed E-state index contributed by atoms with van der Waals surface area (Å²) in [6.07, 6.45) is 0. The van der Waals surface area contributed by atoms with Crippen molar-refractivity contribution < 1.29 is 0 Å². The molecule has 20 heavy (non-hydrogen) atoms. The van der Waals surface area contributed by atoms with Crippen LogP contribution >= 0.6 is 37.2 Å². The van der Waals surface area contributed by atoms with Crippen molar-refractivity contribution in [2.45, 2.75) is 93.4 Å². The quantitative estimate of drug-likeness (QED) is 0.402. The molecule has 0 radical (unpaired) electrons. The summed E-state index contributed by atoms with van der Waals surface area (Å²) in [6.45, 7) is 24.7. The Balaban J connectivity index is -0.000000257. The van der Waals surface area contributed by atoms with E-state index in [1.807, 2.05) is 0 Å². The van der Waals surface area contributed by atoms with Crippen molar-refractivity contribution in [2.75, 3.05) is 13.1 Å². The third-order valence-corrected chi connectivity index (χ3v) is 3.38. The topological polar surface area (TPSA) is 6.48 Å². The van der Waals surface area contributed by atoms with Crippen LogP contribution in [-0.4, -0.2) is 47.1 Å². The SMILES string of the molecule is CCN(C(C)C)C(C)C.CCN(C(C)C)C(C)C.II. The Hall–Kier alpha value is 1.38. The predicted octanol–water partition coefficient (Wildman–Crippen LogP) is 6.02. The van der Waals surface area contributed by atoms with Crippen LogP contribution in [0.1, 0.15) is 69.2 Å². The van der Waals surface area contributed by atoms with Gasteiger partial charge in [-0.05, 0) is 68.5 Å². The normalized spacial score (nSPS) is 11.1. The van der Waals surface area contributed by atoms with E-state index in [1.54, 1.807) is 0 Å². The molecule has 0 aromatic heterocycles. The molecule has 0 fully saturated rings. The number of halogens is 2. The summed E-state index contributed by atoms with van der Waals surface area (Å²) in [5.41, 5.74) is 0. The third kappa shape index (κ3) is 14.3. The standard InChI is InChI=1S/2C8H19N.I2/c2*1-6-9(7(2)3)8(4)5;1-2/h2*7-8H,6H2,1-5H3;. The monoisotopic (exact) mass is 512 g/mol. The molecule has 0 atom stereocenters. The Morgan fingerprint density at radius 2 is 0.700 bits per heavy atom. The maximum atomic E-state index is 2.46. The highest BCUT2D eigenvalue weighted by atomic mass is 128. The lowest BCUT2D eigenvalue weighted by atomic mass is 10.2. The lowest BCUT2D eigenvalue weighted by Gasteiger charge is -2.28. The first-order valence-electron chi connectivity index (χ1n) is 7.84. The minimum Gasteiger partial charge on any atom is -0.299 e. The third-order valence-electron chi connectivity index (χ3n) is 3.38. The molecule has 126 valence electrons. The largest absolute Gasteiger partial charge is 0.299 e. The zero-order chi connectivity index (χ0) is 16.9. The van der Waals surface area contributed by atoms with E-state index in [2.05, 4.69) is 116 Å². The molecule has 4 heteroatoms. The predicted molar refractivity (Wildman–Crippen MR) is 113 cm³/mol. The van der Waals surface area contributed by atoms with E-state index in [1.165, 1.54) is 0 Å². The van der Waals surface area contributed by atoms with Gasteiger partial charge in [-0.1, -0.05) is 13.8 Å². The second kappa shape index (κ2) is 16.7. The van der Waals surface area contributed by atoms with Crippen LogP contribution in [0.5, 0.6) is 0 Å². The zero-order valence-electron chi connectivity index (χ0n) is 15.4. The van der Waals surface area contributed by atoms with Crippen LogP contribution in [-0.2, 0) is 0 Å². The van der Waals surface area contributed by atoms with E-state index in [-0.39, 0.29) is 0 Å². The summed E-state index contributed by atoms with van der Waals surface area (Å²) in [7, 11) is 0. The van der Waals surface area contributed by atoms with Gasteiger partial charge >= 0.3 is 0 Å². The van der Waals surface area contributed by atoms with Crippen LogP contribution in [0, 0.1) is 0 Å². The molecule has 2 nitrogen and oxygen atoms in total. The summed E-state index contributed by atoms with van der Waals surface area (Å²) in [5, 5.41) is 0. The van der Waals surface area contributed by atoms with Gasteiger partial charge in [-0.3, -0.25) is 9.80 Å². The number of nitrogens with zero attached hydrogens (tertiary/aromatic N) is 2. The molecule has 0 spiro atoms. The number of rotatable bonds is 6. The van der Waals surface area contributed by atoms with Crippen molar-refractivity contribution in [3.8, 4) is 0 Å². The van der Waals surface area contributed by atoms with E-state index in [0.717, 1.165) is 13.1 Å². The lowest BCUT2D eigenvalue weighted by molar-refractivity contribution is 0.185. The molecule has 0 saturated heterocycles. The van der Waals surface area contributed by atoms with Gasteiger partial charge in [0.1, 0.15) is 0 Å². The van der Waals surface area contributed by atoms with E-state index in [4.69, 9.17) is 0 Å². The molecular weight excluding hydrogens is 474 g/mol. The second-order valence-corrected chi connectivity index (χ2v) is 6.04. The van der Waals surface area contributed by atoms with E-state index >= 15 is 0 Å². The first-order valence-corrected chi connectivity index (χ1v) is 14.1. The van der Waals surface area contributed by atoms with Crippen LogP contribution in [0.15, 0.2) is 0 Å². The molecule has 0 aromatic rings. The van der Waals surface area contributed by atoms with Crippen molar-refractivity contribution in [3.63, 3.8) is 0 Å². The Kier molecular flexibility index (Phi) is 22.0. The molecule has 0 bridgehead atoms. The fraction of sp³-hybridized carbons (Fsp3) is 1.00. The highest BCUT2D eigenvalue weighted by Crippen LogP contribution is 2.03. The summed E-state index contributed by atoms with van der Waals surface area (Å²) < 4.78 is 0.